The molecule has 0 saturated carbocycles. The van der Waals surface area contributed by atoms with Crippen LogP contribution in [-0.4, -0.2) is 8.32 Å². The number of hydrogen-bond acceptors (Lipinski definition) is 2. The van der Waals surface area contributed by atoms with Crippen LogP contribution in [0.25, 0.3) is 0 Å². The van der Waals surface area contributed by atoms with Gasteiger partial charge in [0.25, 0.3) is 0 Å². The summed E-state index contributed by atoms with van der Waals surface area (Å²) in [6.07, 6.45) is 0. The molecule has 0 spiro atoms. The van der Waals surface area contributed by atoms with Crippen LogP contribution < -0.4 is 10.2 Å². The fourth-order valence-corrected chi connectivity index (χ4v) is 1.77. The number of para-hydroxylation sites is 1. The topological polar surface area (TPSA) is 35.2 Å². The highest BCUT2D eigenvalue weighted by molar-refractivity contribution is 6.70. The van der Waals surface area contributed by atoms with Gasteiger partial charge in [0, 0.05) is 0 Å². The van der Waals surface area contributed by atoms with Crippen LogP contribution in [0.3, 0.4) is 0 Å². The second kappa shape index (κ2) is 3.37. The van der Waals surface area contributed by atoms with Gasteiger partial charge in [0.15, 0.2) is 11.6 Å². The van der Waals surface area contributed by atoms with E-state index in [0.29, 0.717) is 5.69 Å². The molecule has 0 amide bonds. The van der Waals surface area contributed by atoms with Gasteiger partial charge in [-0.1, -0.05) is 6.07 Å². The summed E-state index contributed by atoms with van der Waals surface area (Å²) >= 11 is 0. The largest absolute Gasteiger partial charge is 0.541 e. The number of nitrogen functional groups attached to an aromatic ring is 1. The summed E-state index contributed by atoms with van der Waals surface area (Å²) in [5.41, 5.74) is 5.95. The standard InChI is InChI=1S/C9H14FNOSi/c1-13(2,3)12-9-7(10)5-4-6-8(9)11/h4-6H,11H2,1-3H3. The van der Waals surface area contributed by atoms with Gasteiger partial charge >= 0.3 is 0 Å². The average Bonchev–Trinajstić information content (AvgIpc) is 1.95. The Morgan fingerprint density at radius 3 is 2.38 bits per heavy atom. The number of halogens is 1. The monoisotopic (exact) mass is 199 g/mol. The molecule has 0 heterocycles. The maximum atomic E-state index is 13.2. The lowest BCUT2D eigenvalue weighted by Gasteiger charge is -2.20. The van der Waals surface area contributed by atoms with Crippen LogP contribution in [0.1, 0.15) is 0 Å². The molecule has 0 fully saturated rings. The van der Waals surface area contributed by atoms with E-state index in [0.717, 1.165) is 0 Å². The highest BCUT2D eigenvalue weighted by atomic mass is 28.4. The lowest BCUT2D eigenvalue weighted by atomic mass is 10.3. The van der Waals surface area contributed by atoms with Crippen LogP contribution in [0, 0.1) is 5.82 Å². The van der Waals surface area contributed by atoms with Crippen LogP contribution in [0.2, 0.25) is 19.6 Å². The summed E-state index contributed by atoms with van der Waals surface area (Å²) in [6, 6.07) is 4.56. The number of hydrogen-bond donors (Lipinski definition) is 1. The van der Waals surface area contributed by atoms with E-state index in [1.807, 2.05) is 19.6 Å². The third kappa shape index (κ3) is 2.73. The van der Waals surface area contributed by atoms with Gasteiger partial charge in [-0.3, -0.25) is 0 Å². The van der Waals surface area contributed by atoms with Crippen molar-refractivity contribution >= 4 is 14.0 Å². The Labute approximate surface area is 78.6 Å². The molecule has 0 aromatic heterocycles. The van der Waals surface area contributed by atoms with Gasteiger partial charge in [-0.05, 0) is 31.8 Å². The molecule has 0 saturated heterocycles. The first kappa shape index (κ1) is 10.1. The van der Waals surface area contributed by atoms with E-state index in [1.165, 1.54) is 6.07 Å². The summed E-state index contributed by atoms with van der Waals surface area (Å²) < 4.78 is 18.7. The van der Waals surface area contributed by atoms with Gasteiger partial charge in [-0.15, -0.1) is 0 Å². The molecule has 72 valence electrons. The minimum Gasteiger partial charge on any atom is -0.541 e. The van der Waals surface area contributed by atoms with Crippen LogP contribution in [-0.2, 0) is 0 Å². The van der Waals surface area contributed by atoms with Crippen LogP contribution in [0.5, 0.6) is 5.75 Å². The molecule has 0 bridgehead atoms. The van der Waals surface area contributed by atoms with Crippen molar-refractivity contribution in [2.24, 2.45) is 0 Å². The Bertz CT molecular complexity index is 289. The van der Waals surface area contributed by atoms with Crippen LogP contribution in [0.4, 0.5) is 10.1 Å². The Morgan fingerprint density at radius 1 is 1.31 bits per heavy atom. The Hall–Kier alpha value is -1.03. The minimum atomic E-state index is -1.78. The van der Waals surface area contributed by atoms with Crippen molar-refractivity contribution in [2.75, 3.05) is 5.73 Å². The zero-order chi connectivity index (χ0) is 10.1. The van der Waals surface area contributed by atoms with E-state index in [4.69, 9.17) is 10.2 Å². The Kier molecular flexibility index (Phi) is 2.61. The predicted octanol–water partition coefficient (Wildman–Crippen LogP) is 2.62. The average molecular weight is 199 g/mol. The van der Waals surface area contributed by atoms with Crippen LogP contribution >= 0.6 is 0 Å². The van der Waals surface area contributed by atoms with Crippen molar-refractivity contribution < 1.29 is 8.82 Å². The maximum absolute atomic E-state index is 13.2. The molecule has 0 radical (unpaired) electrons. The fraction of sp³-hybridized carbons (Fsp3) is 0.333. The fourth-order valence-electron chi connectivity index (χ4n) is 0.939. The first-order valence-electron chi connectivity index (χ1n) is 4.13. The van der Waals surface area contributed by atoms with Gasteiger partial charge < -0.3 is 10.2 Å². The van der Waals surface area contributed by atoms with E-state index >= 15 is 0 Å². The van der Waals surface area contributed by atoms with E-state index in [9.17, 15) is 4.39 Å². The van der Waals surface area contributed by atoms with E-state index in [-0.39, 0.29) is 11.6 Å². The normalized spacial score (nSPS) is 11.4. The summed E-state index contributed by atoms with van der Waals surface area (Å²) in [5.74, 6) is -0.191. The molecule has 0 aliphatic rings. The van der Waals surface area contributed by atoms with Crippen molar-refractivity contribution in [1.82, 2.24) is 0 Å². The molecule has 0 unspecified atom stereocenters. The zero-order valence-corrected chi connectivity index (χ0v) is 9.10. The van der Waals surface area contributed by atoms with Crippen molar-refractivity contribution in [1.29, 1.82) is 0 Å². The van der Waals surface area contributed by atoms with E-state index in [2.05, 4.69) is 0 Å². The maximum Gasteiger partial charge on any atom is 0.242 e. The van der Waals surface area contributed by atoms with Crippen LogP contribution in [0.15, 0.2) is 18.2 Å². The quantitative estimate of drug-likeness (QED) is 0.587. The molecular weight excluding hydrogens is 185 g/mol. The molecule has 0 aliphatic carbocycles. The number of benzene rings is 1. The van der Waals surface area contributed by atoms with Crippen molar-refractivity contribution in [3.8, 4) is 5.75 Å². The molecule has 1 aromatic carbocycles. The third-order valence-electron chi connectivity index (χ3n) is 1.41. The van der Waals surface area contributed by atoms with Gasteiger partial charge in [-0.25, -0.2) is 4.39 Å². The lowest BCUT2D eigenvalue weighted by molar-refractivity contribution is 0.498. The second-order valence-electron chi connectivity index (χ2n) is 3.87. The Balaban J connectivity index is 3.00. The zero-order valence-electron chi connectivity index (χ0n) is 8.10. The summed E-state index contributed by atoms with van der Waals surface area (Å²) in [6.45, 7) is 5.96. The summed E-state index contributed by atoms with van der Waals surface area (Å²) in [7, 11) is -1.78. The van der Waals surface area contributed by atoms with E-state index in [1.54, 1.807) is 12.1 Å². The lowest BCUT2D eigenvalue weighted by Crippen LogP contribution is -2.30. The van der Waals surface area contributed by atoms with E-state index < -0.39 is 8.32 Å². The number of anilines is 1. The first-order chi connectivity index (χ1) is 5.90. The molecule has 2 nitrogen and oxygen atoms in total. The molecule has 1 aromatic rings. The molecular formula is C9H14FNOSi. The third-order valence-corrected chi connectivity index (χ3v) is 2.22. The molecule has 0 aliphatic heterocycles. The number of nitrogens with two attached hydrogens (primary N) is 1. The second-order valence-corrected chi connectivity index (χ2v) is 8.30. The smallest absolute Gasteiger partial charge is 0.242 e. The highest BCUT2D eigenvalue weighted by Crippen LogP contribution is 2.27. The van der Waals surface area contributed by atoms with Gasteiger partial charge in [0.2, 0.25) is 8.32 Å². The number of rotatable bonds is 2. The SMILES string of the molecule is C[Si](C)(C)Oc1c(N)cccc1F. The van der Waals surface area contributed by atoms with Gasteiger partial charge in [0.05, 0.1) is 5.69 Å². The first-order valence-corrected chi connectivity index (χ1v) is 7.54. The molecule has 13 heavy (non-hydrogen) atoms. The minimum absolute atomic E-state index is 0.196. The highest BCUT2D eigenvalue weighted by Gasteiger charge is 2.19. The summed E-state index contributed by atoms with van der Waals surface area (Å²) in [4.78, 5) is 0. The molecule has 2 N–H and O–H groups in total. The van der Waals surface area contributed by atoms with Gasteiger partial charge in [0.1, 0.15) is 0 Å². The van der Waals surface area contributed by atoms with Crippen molar-refractivity contribution in [3.05, 3.63) is 24.0 Å². The molecule has 1 rings (SSSR count). The predicted molar refractivity (Wildman–Crippen MR) is 54.8 cm³/mol. The summed E-state index contributed by atoms with van der Waals surface area (Å²) in [5, 5.41) is 0. The van der Waals surface area contributed by atoms with Crippen molar-refractivity contribution in [2.45, 2.75) is 19.6 Å². The molecule has 0 atom stereocenters. The molecule has 4 heteroatoms. The Morgan fingerprint density at radius 2 is 1.92 bits per heavy atom. The van der Waals surface area contributed by atoms with Crippen molar-refractivity contribution in [3.63, 3.8) is 0 Å². The van der Waals surface area contributed by atoms with Gasteiger partial charge in [-0.2, -0.15) is 0 Å².